The van der Waals surface area contributed by atoms with Crippen molar-refractivity contribution in [1.29, 1.82) is 0 Å². The van der Waals surface area contributed by atoms with Crippen LogP contribution in [0.25, 0.3) is 5.65 Å². The van der Waals surface area contributed by atoms with E-state index in [1.54, 1.807) is 18.2 Å². The largest absolute Gasteiger partial charge is 0.336 e. The van der Waals surface area contributed by atoms with E-state index in [2.05, 4.69) is 14.3 Å². The van der Waals surface area contributed by atoms with Gasteiger partial charge in [-0.05, 0) is 30.3 Å². The Morgan fingerprint density at radius 2 is 1.88 bits per heavy atom. The Labute approximate surface area is 161 Å². The van der Waals surface area contributed by atoms with Crippen molar-refractivity contribution in [3.63, 3.8) is 0 Å². The smallest absolute Gasteiger partial charge is 0.255 e. The summed E-state index contributed by atoms with van der Waals surface area (Å²) in [5, 5.41) is 0.931. The molecule has 26 heavy (non-hydrogen) atoms. The van der Waals surface area contributed by atoms with Gasteiger partial charge in [-0.1, -0.05) is 29.3 Å². The lowest BCUT2D eigenvalue weighted by Crippen LogP contribution is -2.48. The van der Waals surface area contributed by atoms with E-state index in [1.807, 2.05) is 35.5 Å². The first-order chi connectivity index (χ1) is 12.6. The average Bonchev–Trinajstić information content (AvgIpc) is 3.05. The number of amides is 1. The molecule has 3 heterocycles. The van der Waals surface area contributed by atoms with E-state index in [4.69, 9.17) is 23.2 Å². The monoisotopic (exact) mass is 388 g/mol. The third-order valence-corrected chi connectivity index (χ3v) is 5.25. The first kappa shape index (κ1) is 17.3. The lowest BCUT2D eigenvalue weighted by molar-refractivity contribution is 0.0627. The number of hydrogen-bond acceptors (Lipinski definition) is 3. The second-order valence-corrected chi connectivity index (χ2v) is 7.21. The van der Waals surface area contributed by atoms with Crippen LogP contribution in [0.15, 0.2) is 48.8 Å². The SMILES string of the molecule is O=C(c1ccc(Cl)cc1Cl)N1CCN(Cc2cnc3ccccn23)CC1. The van der Waals surface area contributed by atoms with Crippen molar-refractivity contribution in [2.45, 2.75) is 6.54 Å². The summed E-state index contributed by atoms with van der Waals surface area (Å²) in [7, 11) is 0. The fraction of sp³-hybridized carbons (Fsp3) is 0.263. The number of imidazole rings is 1. The van der Waals surface area contributed by atoms with Crippen LogP contribution in [0, 0.1) is 0 Å². The van der Waals surface area contributed by atoms with Crippen LogP contribution in [0.1, 0.15) is 16.1 Å². The number of benzene rings is 1. The van der Waals surface area contributed by atoms with Crippen molar-refractivity contribution < 1.29 is 4.79 Å². The highest BCUT2D eigenvalue weighted by molar-refractivity contribution is 6.36. The van der Waals surface area contributed by atoms with Crippen molar-refractivity contribution in [3.8, 4) is 0 Å². The minimum atomic E-state index is -0.0406. The molecule has 0 saturated carbocycles. The molecular weight excluding hydrogens is 371 g/mol. The summed E-state index contributed by atoms with van der Waals surface area (Å²) >= 11 is 12.1. The van der Waals surface area contributed by atoms with Gasteiger partial charge in [-0.25, -0.2) is 4.98 Å². The average molecular weight is 389 g/mol. The summed E-state index contributed by atoms with van der Waals surface area (Å²) in [4.78, 5) is 21.3. The fourth-order valence-electron chi connectivity index (χ4n) is 3.27. The Bertz CT molecular complexity index is 948. The summed E-state index contributed by atoms with van der Waals surface area (Å²) in [6.07, 6.45) is 3.94. The summed E-state index contributed by atoms with van der Waals surface area (Å²) in [6.45, 7) is 3.80. The molecule has 0 bridgehead atoms. The van der Waals surface area contributed by atoms with E-state index in [0.29, 0.717) is 28.7 Å². The van der Waals surface area contributed by atoms with Gasteiger partial charge in [0, 0.05) is 43.9 Å². The Balaban J connectivity index is 1.40. The first-order valence-corrected chi connectivity index (χ1v) is 9.25. The highest BCUT2D eigenvalue weighted by atomic mass is 35.5. The van der Waals surface area contributed by atoms with E-state index in [-0.39, 0.29) is 5.91 Å². The molecule has 0 aliphatic carbocycles. The number of carbonyl (C=O) groups excluding carboxylic acids is 1. The van der Waals surface area contributed by atoms with Gasteiger partial charge in [-0.2, -0.15) is 0 Å². The van der Waals surface area contributed by atoms with E-state index in [0.717, 1.165) is 31.0 Å². The number of piperazine rings is 1. The lowest BCUT2D eigenvalue weighted by atomic mass is 10.1. The van der Waals surface area contributed by atoms with Gasteiger partial charge >= 0.3 is 0 Å². The third kappa shape index (κ3) is 3.43. The van der Waals surface area contributed by atoms with Crippen molar-refractivity contribution >= 4 is 34.8 Å². The second-order valence-electron chi connectivity index (χ2n) is 6.37. The van der Waals surface area contributed by atoms with Gasteiger partial charge < -0.3 is 9.30 Å². The molecule has 1 aromatic carbocycles. The zero-order chi connectivity index (χ0) is 18.1. The zero-order valence-electron chi connectivity index (χ0n) is 14.1. The Hall–Kier alpha value is -2.08. The number of nitrogens with zero attached hydrogens (tertiary/aromatic N) is 4. The maximum absolute atomic E-state index is 12.7. The minimum Gasteiger partial charge on any atom is -0.336 e. The van der Waals surface area contributed by atoms with Crippen LogP contribution >= 0.6 is 23.2 Å². The van der Waals surface area contributed by atoms with E-state index >= 15 is 0 Å². The number of rotatable bonds is 3. The molecule has 0 unspecified atom stereocenters. The van der Waals surface area contributed by atoms with Gasteiger partial charge in [0.1, 0.15) is 5.65 Å². The van der Waals surface area contributed by atoms with Crippen molar-refractivity contribution in [1.82, 2.24) is 19.2 Å². The normalized spacial score (nSPS) is 15.5. The number of aromatic nitrogens is 2. The molecule has 4 rings (SSSR count). The molecule has 1 aliphatic rings. The highest BCUT2D eigenvalue weighted by Crippen LogP contribution is 2.23. The van der Waals surface area contributed by atoms with Gasteiger partial charge in [0.05, 0.1) is 22.5 Å². The van der Waals surface area contributed by atoms with Crippen LogP contribution in [0.3, 0.4) is 0 Å². The van der Waals surface area contributed by atoms with E-state index in [9.17, 15) is 4.79 Å². The van der Waals surface area contributed by atoms with E-state index in [1.165, 1.54) is 0 Å². The van der Waals surface area contributed by atoms with Crippen LogP contribution in [0.4, 0.5) is 0 Å². The van der Waals surface area contributed by atoms with Gasteiger partial charge in [-0.15, -0.1) is 0 Å². The Kier molecular flexibility index (Phi) is 4.85. The predicted octanol–water partition coefficient (Wildman–Crippen LogP) is 3.60. The molecule has 0 spiro atoms. The van der Waals surface area contributed by atoms with Gasteiger partial charge in [0.2, 0.25) is 0 Å². The van der Waals surface area contributed by atoms with Crippen molar-refractivity contribution in [2.24, 2.45) is 0 Å². The molecular formula is C19H18Cl2N4O. The standard InChI is InChI=1S/C19H18Cl2N4O/c20-14-4-5-16(17(21)11-14)19(26)24-9-7-23(8-10-24)13-15-12-22-18-3-1-2-6-25(15)18/h1-6,11-12H,7-10,13H2. The molecule has 1 fully saturated rings. The summed E-state index contributed by atoms with van der Waals surface area (Å²) < 4.78 is 2.10. The van der Waals surface area contributed by atoms with Crippen molar-refractivity contribution in [2.75, 3.05) is 26.2 Å². The molecule has 0 radical (unpaired) electrons. The molecule has 5 nitrogen and oxygen atoms in total. The topological polar surface area (TPSA) is 40.9 Å². The molecule has 1 amide bonds. The Morgan fingerprint density at radius 1 is 1.08 bits per heavy atom. The van der Waals surface area contributed by atoms with Crippen LogP contribution in [0.2, 0.25) is 10.0 Å². The quantitative estimate of drug-likeness (QED) is 0.688. The zero-order valence-corrected chi connectivity index (χ0v) is 15.6. The predicted molar refractivity (Wildman–Crippen MR) is 103 cm³/mol. The first-order valence-electron chi connectivity index (χ1n) is 8.49. The number of halogens is 2. The molecule has 134 valence electrons. The van der Waals surface area contributed by atoms with Crippen LogP contribution in [0.5, 0.6) is 0 Å². The van der Waals surface area contributed by atoms with Gasteiger partial charge in [0.25, 0.3) is 5.91 Å². The third-order valence-electron chi connectivity index (χ3n) is 4.70. The van der Waals surface area contributed by atoms with Crippen LogP contribution in [-0.4, -0.2) is 51.3 Å². The van der Waals surface area contributed by atoms with E-state index < -0.39 is 0 Å². The number of hydrogen-bond donors (Lipinski definition) is 0. The Morgan fingerprint density at radius 3 is 2.65 bits per heavy atom. The maximum Gasteiger partial charge on any atom is 0.255 e. The van der Waals surface area contributed by atoms with Crippen LogP contribution in [-0.2, 0) is 6.54 Å². The number of pyridine rings is 1. The molecule has 3 aromatic rings. The molecule has 0 atom stereocenters. The summed E-state index contributed by atoms with van der Waals surface area (Å²) in [6, 6.07) is 11.0. The van der Waals surface area contributed by atoms with Gasteiger partial charge in [0.15, 0.2) is 0 Å². The van der Waals surface area contributed by atoms with Crippen LogP contribution < -0.4 is 0 Å². The fourth-order valence-corrected chi connectivity index (χ4v) is 3.76. The second kappa shape index (κ2) is 7.27. The maximum atomic E-state index is 12.7. The molecule has 2 aromatic heterocycles. The molecule has 0 N–H and O–H groups in total. The lowest BCUT2D eigenvalue weighted by Gasteiger charge is -2.34. The molecule has 7 heteroatoms. The molecule has 1 saturated heterocycles. The molecule has 1 aliphatic heterocycles. The number of fused-ring (bicyclic) bond motifs is 1. The minimum absolute atomic E-state index is 0.0406. The number of carbonyl (C=O) groups is 1. The summed E-state index contributed by atoms with van der Waals surface area (Å²) in [5.41, 5.74) is 2.61. The van der Waals surface area contributed by atoms with Gasteiger partial charge in [-0.3, -0.25) is 9.69 Å². The van der Waals surface area contributed by atoms with Crippen molar-refractivity contribution in [3.05, 3.63) is 70.1 Å². The summed E-state index contributed by atoms with van der Waals surface area (Å²) in [5.74, 6) is -0.0406. The highest BCUT2D eigenvalue weighted by Gasteiger charge is 2.24.